The number of hydrogen-bond acceptors (Lipinski definition) is 4. The van der Waals surface area contributed by atoms with Gasteiger partial charge in [-0.1, -0.05) is 20.3 Å². The third-order valence-corrected chi connectivity index (χ3v) is 5.05. The summed E-state index contributed by atoms with van der Waals surface area (Å²) in [7, 11) is 0. The highest BCUT2D eigenvalue weighted by Gasteiger charge is 2.31. The van der Waals surface area contributed by atoms with Gasteiger partial charge >= 0.3 is 0 Å². The lowest BCUT2D eigenvalue weighted by Gasteiger charge is -2.27. The van der Waals surface area contributed by atoms with Crippen LogP contribution in [0.15, 0.2) is 0 Å². The van der Waals surface area contributed by atoms with E-state index >= 15 is 0 Å². The summed E-state index contributed by atoms with van der Waals surface area (Å²) in [5, 5.41) is 1.20. The molecule has 2 N–H and O–H groups in total. The standard InChI is InChI=1S/C14H25N3S/c1-4-6-12-13(9-15)18-14(16-12)17-10(3)7-8-11(17)5-2/h10-11H,4-9,15H2,1-3H3. The average Bonchev–Trinajstić information content (AvgIpc) is 2.92. The van der Waals surface area contributed by atoms with Crippen molar-refractivity contribution in [2.45, 2.75) is 71.5 Å². The molecule has 2 atom stereocenters. The van der Waals surface area contributed by atoms with Crippen molar-refractivity contribution in [2.75, 3.05) is 4.90 Å². The summed E-state index contributed by atoms with van der Waals surface area (Å²) in [5.74, 6) is 0. The number of hydrogen-bond donors (Lipinski definition) is 1. The quantitative estimate of drug-likeness (QED) is 0.890. The molecule has 2 heterocycles. The van der Waals surface area contributed by atoms with Crippen LogP contribution in [0.4, 0.5) is 5.13 Å². The molecule has 1 aliphatic rings. The molecule has 1 fully saturated rings. The van der Waals surface area contributed by atoms with Crippen LogP contribution >= 0.6 is 11.3 Å². The van der Waals surface area contributed by atoms with E-state index in [1.165, 1.54) is 35.0 Å². The molecule has 1 aromatic rings. The van der Waals surface area contributed by atoms with E-state index in [0.29, 0.717) is 18.6 Å². The molecule has 0 aliphatic carbocycles. The highest BCUT2D eigenvalue weighted by atomic mass is 32.1. The normalized spacial score (nSPS) is 23.9. The molecule has 1 aliphatic heterocycles. The van der Waals surface area contributed by atoms with Crippen molar-refractivity contribution in [3.8, 4) is 0 Å². The molecule has 18 heavy (non-hydrogen) atoms. The van der Waals surface area contributed by atoms with Gasteiger partial charge in [0.2, 0.25) is 0 Å². The zero-order valence-corrected chi connectivity index (χ0v) is 12.6. The van der Waals surface area contributed by atoms with Crippen LogP contribution in [-0.2, 0) is 13.0 Å². The molecule has 4 heteroatoms. The van der Waals surface area contributed by atoms with Gasteiger partial charge in [-0.15, -0.1) is 11.3 Å². The van der Waals surface area contributed by atoms with Crippen molar-refractivity contribution in [3.05, 3.63) is 10.6 Å². The van der Waals surface area contributed by atoms with Gasteiger partial charge in [0.25, 0.3) is 0 Å². The number of thiazole rings is 1. The number of aryl methyl sites for hydroxylation is 1. The fourth-order valence-corrected chi connectivity index (χ4v) is 4.05. The number of rotatable bonds is 5. The Kier molecular flexibility index (Phi) is 4.62. The van der Waals surface area contributed by atoms with Crippen molar-refractivity contribution < 1.29 is 0 Å². The minimum absolute atomic E-state index is 0.626. The molecule has 0 bridgehead atoms. The lowest BCUT2D eigenvalue weighted by atomic mass is 10.2. The Bertz CT molecular complexity index is 388. The maximum atomic E-state index is 5.85. The molecule has 2 rings (SSSR count). The Labute approximate surface area is 114 Å². The number of nitrogens with zero attached hydrogens (tertiary/aromatic N) is 2. The molecule has 0 aromatic carbocycles. The average molecular weight is 267 g/mol. The van der Waals surface area contributed by atoms with Crippen molar-refractivity contribution in [2.24, 2.45) is 5.73 Å². The largest absolute Gasteiger partial charge is 0.342 e. The lowest BCUT2D eigenvalue weighted by Crippen LogP contribution is -2.33. The smallest absolute Gasteiger partial charge is 0.186 e. The minimum atomic E-state index is 0.626. The maximum absolute atomic E-state index is 5.85. The molecule has 0 saturated carbocycles. The summed E-state index contributed by atoms with van der Waals surface area (Å²) in [5.41, 5.74) is 7.08. The van der Waals surface area contributed by atoms with Crippen LogP contribution in [0.2, 0.25) is 0 Å². The molecule has 1 saturated heterocycles. The van der Waals surface area contributed by atoms with Gasteiger partial charge in [0, 0.05) is 23.5 Å². The molecule has 0 radical (unpaired) electrons. The second kappa shape index (κ2) is 6.02. The Hall–Kier alpha value is -0.610. The van der Waals surface area contributed by atoms with Gasteiger partial charge in [0.05, 0.1) is 5.69 Å². The molecule has 3 nitrogen and oxygen atoms in total. The van der Waals surface area contributed by atoms with Crippen LogP contribution < -0.4 is 10.6 Å². The monoisotopic (exact) mass is 267 g/mol. The minimum Gasteiger partial charge on any atom is -0.342 e. The van der Waals surface area contributed by atoms with E-state index < -0.39 is 0 Å². The lowest BCUT2D eigenvalue weighted by molar-refractivity contribution is 0.625. The zero-order chi connectivity index (χ0) is 13.1. The molecule has 102 valence electrons. The maximum Gasteiger partial charge on any atom is 0.186 e. The highest BCUT2D eigenvalue weighted by Crippen LogP contribution is 2.36. The van der Waals surface area contributed by atoms with Crippen LogP contribution in [0.25, 0.3) is 0 Å². The van der Waals surface area contributed by atoms with E-state index in [-0.39, 0.29) is 0 Å². The van der Waals surface area contributed by atoms with E-state index in [9.17, 15) is 0 Å². The first-order chi connectivity index (χ1) is 8.71. The van der Waals surface area contributed by atoms with E-state index in [1.807, 2.05) is 11.3 Å². The Morgan fingerprint density at radius 2 is 2.17 bits per heavy atom. The van der Waals surface area contributed by atoms with E-state index in [4.69, 9.17) is 10.7 Å². The van der Waals surface area contributed by atoms with Crippen molar-refractivity contribution in [1.29, 1.82) is 0 Å². The summed E-state index contributed by atoms with van der Waals surface area (Å²) in [6.45, 7) is 7.43. The molecular formula is C14H25N3S. The van der Waals surface area contributed by atoms with Gasteiger partial charge in [-0.2, -0.15) is 0 Å². The van der Waals surface area contributed by atoms with Crippen LogP contribution in [-0.4, -0.2) is 17.1 Å². The first-order valence-electron chi connectivity index (χ1n) is 7.18. The number of anilines is 1. The summed E-state index contributed by atoms with van der Waals surface area (Å²) in [6, 6.07) is 1.30. The van der Waals surface area contributed by atoms with Gasteiger partial charge < -0.3 is 10.6 Å². The first kappa shape index (κ1) is 13.8. The van der Waals surface area contributed by atoms with Crippen molar-refractivity contribution in [1.82, 2.24) is 4.98 Å². The van der Waals surface area contributed by atoms with Gasteiger partial charge in [0.1, 0.15) is 0 Å². The van der Waals surface area contributed by atoms with Crippen molar-refractivity contribution in [3.63, 3.8) is 0 Å². The fourth-order valence-electron chi connectivity index (χ4n) is 2.89. The summed E-state index contributed by atoms with van der Waals surface area (Å²) < 4.78 is 0. The topological polar surface area (TPSA) is 42.2 Å². The van der Waals surface area contributed by atoms with E-state index in [2.05, 4.69) is 25.7 Å². The van der Waals surface area contributed by atoms with Crippen LogP contribution in [0.5, 0.6) is 0 Å². The van der Waals surface area contributed by atoms with E-state index in [0.717, 1.165) is 12.8 Å². The Balaban J connectivity index is 2.26. The van der Waals surface area contributed by atoms with Gasteiger partial charge in [0.15, 0.2) is 5.13 Å². The van der Waals surface area contributed by atoms with Crippen LogP contribution in [0.1, 0.15) is 57.0 Å². The molecule has 2 unspecified atom stereocenters. The predicted octanol–water partition coefficient (Wildman–Crippen LogP) is 3.32. The van der Waals surface area contributed by atoms with Crippen LogP contribution in [0.3, 0.4) is 0 Å². The number of aromatic nitrogens is 1. The summed E-state index contributed by atoms with van der Waals surface area (Å²) >= 11 is 1.81. The predicted molar refractivity (Wildman–Crippen MR) is 79.3 cm³/mol. The Morgan fingerprint density at radius 3 is 2.78 bits per heavy atom. The molecule has 0 amide bonds. The third kappa shape index (κ3) is 2.54. The molecular weight excluding hydrogens is 242 g/mol. The van der Waals surface area contributed by atoms with E-state index in [1.54, 1.807) is 0 Å². The fraction of sp³-hybridized carbons (Fsp3) is 0.786. The first-order valence-corrected chi connectivity index (χ1v) is 7.99. The highest BCUT2D eigenvalue weighted by molar-refractivity contribution is 7.15. The number of nitrogens with two attached hydrogens (primary N) is 1. The van der Waals surface area contributed by atoms with Crippen LogP contribution in [0, 0.1) is 0 Å². The SMILES string of the molecule is CCCc1nc(N2C(C)CCC2CC)sc1CN. The second-order valence-electron chi connectivity index (χ2n) is 5.22. The molecule has 1 aromatic heterocycles. The zero-order valence-electron chi connectivity index (χ0n) is 11.8. The van der Waals surface area contributed by atoms with Gasteiger partial charge in [-0.3, -0.25) is 0 Å². The van der Waals surface area contributed by atoms with Gasteiger partial charge in [-0.05, 0) is 32.6 Å². The second-order valence-corrected chi connectivity index (χ2v) is 6.28. The summed E-state index contributed by atoms with van der Waals surface area (Å²) in [4.78, 5) is 8.68. The van der Waals surface area contributed by atoms with Gasteiger partial charge in [-0.25, -0.2) is 4.98 Å². The van der Waals surface area contributed by atoms with Crippen molar-refractivity contribution >= 4 is 16.5 Å². The molecule has 0 spiro atoms. The summed E-state index contributed by atoms with van der Waals surface area (Å²) in [6.07, 6.45) is 6.01. The third-order valence-electron chi connectivity index (χ3n) is 3.92. The Morgan fingerprint density at radius 1 is 1.39 bits per heavy atom.